The van der Waals surface area contributed by atoms with Gasteiger partial charge in [-0.05, 0) is 98.7 Å². The highest BCUT2D eigenvalue weighted by atomic mass is 17.2. The molecule has 0 saturated carbocycles. The fraction of sp³-hybridized carbons (Fsp3) is 0.366. The fourth-order valence-electron chi connectivity index (χ4n) is 4.13. The van der Waals surface area contributed by atoms with Crippen molar-refractivity contribution in [2.45, 2.75) is 80.4 Å². The molecule has 3 aromatic rings. The van der Waals surface area contributed by atoms with E-state index in [1.54, 1.807) is 13.8 Å². The number of rotatable bonds is 13. The molecule has 0 spiro atoms. The Hall–Kier alpha value is -6.66. The summed E-state index contributed by atoms with van der Waals surface area (Å²) in [5.74, 6) is -8.60. The third-order valence-corrected chi connectivity index (χ3v) is 8.01. The van der Waals surface area contributed by atoms with Crippen molar-refractivity contribution >= 4 is 47.8 Å². The van der Waals surface area contributed by atoms with Gasteiger partial charge in [-0.15, -0.1) is 0 Å². The van der Waals surface area contributed by atoms with Crippen LogP contribution in [0.3, 0.4) is 0 Å². The number of hydrogen-bond donors (Lipinski definition) is 8. The zero-order chi connectivity index (χ0) is 45.8. The van der Waals surface area contributed by atoms with Crippen molar-refractivity contribution in [3.63, 3.8) is 0 Å². The maximum atomic E-state index is 12.1. The van der Waals surface area contributed by atoms with Gasteiger partial charge in [-0.2, -0.15) is 0 Å². The number of aromatic carboxylic acids is 6. The van der Waals surface area contributed by atoms with E-state index >= 15 is 0 Å². The molecular formula is C41H50O18. The predicted molar refractivity (Wildman–Crippen MR) is 207 cm³/mol. The van der Waals surface area contributed by atoms with E-state index in [2.05, 4.69) is 30.5 Å². The minimum atomic E-state index is -1.48. The Balaban J connectivity index is 0.000000823. The highest BCUT2D eigenvalue weighted by molar-refractivity contribution is 6.03. The third-order valence-electron chi connectivity index (χ3n) is 8.01. The summed E-state index contributed by atoms with van der Waals surface area (Å²) in [5, 5.41) is 68.5. The molecule has 1 unspecified atom stereocenters. The van der Waals surface area contributed by atoms with Crippen LogP contribution in [0.15, 0.2) is 66.7 Å². The average Bonchev–Trinajstić information content (AvgIpc) is 3.15. The number of aliphatic hydroxyl groups excluding tert-OH is 1. The first kappa shape index (κ1) is 52.3. The van der Waals surface area contributed by atoms with Gasteiger partial charge in [0.1, 0.15) is 0 Å². The average molecular weight is 831 g/mol. The van der Waals surface area contributed by atoms with E-state index in [-0.39, 0.29) is 33.2 Å². The molecule has 59 heavy (non-hydrogen) atoms. The molecule has 0 bridgehead atoms. The molecule has 0 saturated heterocycles. The molecule has 8 N–H and O–H groups in total. The second-order valence-corrected chi connectivity index (χ2v) is 14.7. The SMILES string of the molecule is CC(C)(C)CCC(C)(C)C(=O)OOC(=O)c1ccc(C(=O)O)cc1.CCC(C)CC(O)O.O=C(O)c1ccc(C(=O)O)c(C(=O)O)c1.O=C(O)c1cccc(C(=O)O)c1. The van der Waals surface area contributed by atoms with Crippen LogP contribution >= 0.6 is 0 Å². The lowest BCUT2D eigenvalue weighted by Gasteiger charge is -2.26. The third kappa shape index (κ3) is 20.4. The summed E-state index contributed by atoms with van der Waals surface area (Å²) in [5.41, 5.74) is -1.83. The summed E-state index contributed by atoms with van der Waals surface area (Å²) >= 11 is 0. The van der Waals surface area contributed by atoms with Gasteiger partial charge >= 0.3 is 47.8 Å². The molecule has 0 aliphatic heterocycles. The van der Waals surface area contributed by atoms with Crippen LogP contribution < -0.4 is 0 Å². The summed E-state index contributed by atoms with van der Waals surface area (Å²) in [6.07, 6.45) is 1.80. The first-order valence-corrected chi connectivity index (χ1v) is 17.7. The van der Waals surface area contributed by atoms with Crippen molar-refractivity contribution in [1.82, 2.24) is 0 Å². The Labute approximate surface area is 339 Å². The van der Waals surface area contributed by atoms with Crippen molar-refractivity contribution < 1.29 is 89.0 Å². The molecule has 0 aliphatic rings. The molecule has 0 amide bonds. The van der Waals surface area contributed by atoms with Gasteiger partial charge in [0.2, 0.25) is 0 Å². The van der Waals surface area contributed by atoms with Gasteiger partial charge in [0.15, 0.2) is 6.29 Å². The molecule has 0 aromatic heterocycles. The zero-order valence-corrected chi connectivity index (χ0v) is 33.5. The van der Waals surface area contributed by atoms with Crippen LogP contribution in [0, 0.1) is 16.7 Å². The van der Waals surface area contributed by atoms with Gasteiger partial charge in [-0.3, -0.25) is 0 Å². The van der Waals surface area contributed by atoms with Crippen molar-refractivity contribution in [1.29, 1.82) is 0 Å². The van der Waals surface area contributed by atoms with Gasteiger partial charge in [0.05, 0.1) is 44.4 Å². The largest absolute Gasteiger partial charge is 0.478 e. The molecule has 1 atom stereocenters. The van der Waals surface area contributed by atoms with Gasteiger partial charge in [-0.1, -0.05) is 47.1 Å². The predicted octanol–water partition coefficient (Wildman–Crippen LogP) is 6.45. The molecule has 0 aliphatic carbocycles. The number of benzene rings is 3. The van der Waals surface area contributed by atoms with Gasteiger partial charge in [0, 0.05) is 6.42 Å². The highest BCUT2D eigenvalue weighted by Gasteiger charge is 2.33. The van der Waals surface area contributed by atoms with E-state index in [1.807, 2.05) is 13.8 Å². The Morgan fingerprint density at radius 2 is 0.966 bits per heavy atom. The maximum absolute atomic E-state index is 12.1. The van der Waals surface area contributed by atoms with Crippen molar-refractivity contribution in [3.8, 4) is 0 Å². The molecule has 0 heterocycles. The number of carboxylic acids is 6. The summed E-state index contributed by atoms with van der Waals surface area (Å²) < 4.78 is 0. The number of carboxylic acid groups (broad SMARTS) is 6. The van der Waals surface area contributed by atoms with Crippen LogP contribution in [-0.2, 0) is 14.6 Å². The highest BCUT2D eigenvalue weighted by Crippen LogP contribution is 2.31. The van der Waals surface area contributed by atoms with E-state index in [1.165, 1.54) is 42.5 Å². The Morgan fingerprint density at radius 1 is 0.542 bits per heavy atom. The summed E-state index contributed by atoms with van der Waals surface area (Å²) in [6.45, 7) is 13.7. The minimum absolute atomic E-state index is 0.0186. The molecule has 0 fully saturated rings. The number of hydrogen-bond acceptors (Lipinski definition) is 12. The van der Waals surface area contributed by atoms with E-state index in [0.717, 1.165) is 37.1 Å². The first-order valence-electron chi connectivity index (χ1n) is 17.7. The monoisotopic (exact) mass is 830 g/mol. The quantitative estimate of drug-likeness (QED) is 0.0521. The standard InChI is InChI=1S/C18H24O6.C9H6O6.C8H6O4.C6H14O2/c1-17(2,3)10-11-18(4,5)16(22)24-23-15(21)13-8-6-12(7-9-13)14(19)20;10-7(11)4-1-2-5(8(12)13)6(3-4)9(14)15;9-7(10)5-2-1-3-6(4-5)8(11)12;1-3-5(2)4-6(7)8/h6-9H,10-11H2,1-5H3,(H,19,20);1-3H,(H,10,11)(H,12,13)(H,14,15);1-4H,(H,9,10)(H,11,12);5-8H,3-4H2,1-2H3. The maximum Gasteiger partial charge on any atom is 0.386 e. The topological polar surface area (TPSA) is 317 Å². The van der Waals surface area contributed by atoms with Crippen molar-refractivity contribution in [2.75, 3.05) is 0 Å². The van der Waals surface area contributed by atoms with Crippen LogP contribution in [0.25, 0.3) is 0 Å². The lowest BCUT2D eigenvalue weighted by molar-refractivity contribution is -0.243. The van der Waals surface area contributed by atoms with Gasteiger partial charge < -0.3 is 40.9 Å². The summed E-state index contributed by atoms with van der Waals surface area (Å²) in [4.78, 5) is 96.4. The number of aliphatic hydroxyl groups is 2. The van der Waals surface area contributed by atoms with Crippen LogP contribution in [0.5, 0.6) is 0 Å². The Bertz CT molecular complexity index is 1910. The van der Waals surface area contributed by atoms with Gasteiger partial charge in [0.25, 0.3) is 0 Å². The molecule has 18 heteroatoms. The molecule has 3 aromatic carbocycles. The number of carbonyl (C=O) groups is 8. The molecule has 0 radical (unpaired) electrons. The lowest BCUT2D eigenvalue weighted by Crippen LogP contribution is -2.29. The van der Waals surface area contributed by atoms with Crippen molar-refractivity contribution in [3.05, 3.63) is 106 Å². The van der Waals surface area contributed by atoms with Crippen LogP contribution in [-0.4, -0.2) is 94.9 Å². The molecular weight excluding hydrogens is 780 g/mol. The van der Waals surface area contributed by atoms with E-state index in [0.29, 0.717) is 18.8 Å². The Kier molecular flexibility index (Phi) is 21.5. The minimum Gasteiger partial charge on any atom is -0.478 e. The summed E-state index contributed by atoms with van der Waals surface area (Å²) in [6, 6.07) is 13.1. The fourth-order valence-corrected chi connectivity index (χ4v) is 4.13. The molecule has 322 valence electrons. The smallest absolute Gasteiger partial charge is 0.386 e. The van der Waals surface area contributed by atoms with Crippen LogP contribution in [0.1, 0.15) is 147 Å². The van der Waals surface area contributed by atoms with Crippen LogP contribution in [0.2, 0.25) is 0 Å². The first-order chi connectivity index (χ1) is 27.1. The Morgan fingerprint density at radius 3 is 1.34 bits per heavy atom. The second-order valence-electron chi connectivity index (χ2n) is 14.7. The summed E-state index contributed by atoms with van der Waals surface area (Å²) in [7, 11) is 0. The van der Waals surface area contributed by atoms with E-state index < -0.39 is 70.6 Å². The normalized spacial score (nSPS) is 11.1. The van der Waals surface area contributed by atoms with Gasteiger partial charge in [-0.25, -0.2) is 48.1 Å². The lowest BCUT2D eigenvalue weighted by atomic mass is 9.80. The second kappa shape index (κ2) is 24.2. The van der Waals surface area contributed by atoms with E-state index in [9.17, 15) is 38.4 Å². The number of carbonyl (C=O) groups excluding carboxylic acids is 2. The van der Waals surface area contributed by atoms with Crippen LogP contribution in [0.4, 0.5) is 0 Å². The molecule has 18 nitrogen and oxygen atoms in total. The van der Waals surface area contributed by atoms with E-state index in [4.69, 9.17) is 40.9 Å². The zero-order valence-electron chi connectivity index (χ0n) is 33.5. The van der Waals surface area contributed by atoms with Crippen molar-refractivity contribution in [2.24, 2.45) is 16.7 Å². The molecule has 3 rings (SSSR count).